The number of methoxy groups -OCH3 is 2. The van der Waals surface area contributed by atoms with Gasteiger partial charge in [-0.3, -0.25) is 0 Å². The molecule has 5 heteroatoms. The van der Waals surface area contributed by atoms with Gasteiger partial charge >= 0.3 is 0 Å². The third-order valence-corrected chi connectivity index (χ3v) is 4.00. The van der Waals surface area contributed by atoms with Gasteiger partial charge in [0.2, 0.25) is 0 Å². The zero-order chi connectivity index (χ0) is 17.5. The molecule has 2 atom stereocenters. The van der Waals surface area contributed by atoms with Gasteiger partial charge in [-0.05, 0) is 41.8 Å². The molecule has 0 aliphatic carbocycles. The molecular formula is C19H24FNO3. The number of rotatable bonds is 8. The van der Waals surface area contributed by atoms with E-state index in [0.29, 0.717) is 23.6 Å². The van der Waals surface area contributed by atoms with E-state index in [2.05, 4.69) is 5.32 Å². The van der Waals surface area contributed by atoms with Crippen LogP contribution in [0.1, 0.15) is 36.6 Å². The van der Waals surface area contributed by atoms with Crippen LogP contribution < -0.4 is 14.8 Å². The molecule has 2 aromatic rings. The summed E-state index contributed by atoms with van der Waals surface area (Å²) in [7, 11) is 3.15. The van der Waals surface area contributed by atoms with E-state index >= 15 is 0 Å². The van der Waals surface area contributed by atoms with Gasteiger partial charge in [-0.1, -0.05) is 19.1 Å². The van der Waals surface area contributed by atoms with Gasteiger partial charge in [0.15, 0.2) is 0 Å². The summed E-state index contributed by atoms with van der Waals surface area (Å²) in [5, 5.41) is 13.8. The van der Waals surface area contributed by atoms with E-state index < -0.39 is 6.10 Å². The maximum absolute atomic E-state index is 13.0. The van der Waals surface area contributed by atoms with Crippen LogP contribution in [-0.4, -0.2) is 25.9 Å². The Kier molecular flexibility index (Phi) is 6.58. The predicted octanol–water partition coefficient (Wildman–Crippen LogP) is 3.62. The molecule has 0 aliphatic rings. The first-order valence-corrected chi connectivity index (χ1v) is 7.97. The maximum Gasteiger partial charge on any atom is 0.123 e. The van der Waals surface area contributed by atoms with Crippen LogP contribution in [0, 0.1) is 5.82 Å². The fourth-order valence-corrected chi connectivity index (χ4v) is 2.59. The highest BCUT2D eigenvalue weighted by Crippen LogP contribution is 2.27. The first-order valence-electron chi connectivity index (χ1n) is 7.97. The molecule has 0 fully saturated rings. The van der Waals surface area contributed by atoms with E-state index in [0.717, 1.165) is 12.0 Å². The van der Waals surface area contributed by atoms with Crippen LogP contribution in [-0.2, 0) is 0 Å². The van der Waals surface area contributed by atoms with Crippen molar-refractivity contribution in [3.8, 4) is 11.5 Å². The number of hydrogen-bond acceptors (Lipinski definition) is 4. The van der Waals surface area contributed by atoms with E-state index in [-0.39, 0.29) is 11.9 Å². The molecule has 0 bridgehead atoms. The molecule has 2 unspecified atom stereocenters. The van der Waals surface area contributed by atoms with Gasteiger partial charge < -0.3 is 19.9 Å². The van der Waals surface area contributed by atoms with E-state index in [9.17, 15) is 9.50 Å². The highest BCUT2D eigenvalue weighted by Gasteiger charge is 2.14. The summed E-state index contributed by atoms with van der Waals surface area (Å²) in [4.78, 5) is 0. The lowest BCUT2D eigenvalue weighted by atomic mass is 10.0. The minimum atomic E-state index is -0.705. The topological polar surface area (TPSA) is 50.7 Å². The predicted molar refractivity (Wildman–Crippen MR) is 91.9 cm³/mol. The van der Waals surface area contributed by atoms with Crippen LogP contribution in [0.3, 0.4) is 0 Å². The molecule has 0 amide bonds. The van der Waals surface area contributed by atoms with Crippen LogP contribution in [0.2, 0.25) is 0 Å². The van der Waals surface area contributed by atoms with E-state index in [4.69, 9.17) is 9.47 Å². The molecule has 0 spiro atoms. The van der Waals surface area contributed by atoms with Gasteiger partial charge in [0, 0.05) is 18.7 Å². The molecule has 2 N–H and O–H groups in total. The summed E-state index contributed by atoms with van der Waals surface area (Å²) in [5.41, 5.74) is 1.71. The smallest absolute Gasteiger partial charge is 0.123 e. The number of aliphatic hydroxyl groups is 1. The van der Waals surface area contributed by atoms with E-state index in [1.54, 1.807) is 44.6 Å². The van der Waals surface area contributed by atoms with Crippen molar-refractivity contribution in [2.45, 2.75) is 25.5 Å². The van der Waals surface area contributed by atoms with Gasteiger partial charge in [-0.2, -0.15) is 0 Å². The first kappa shape index (κ1) is 18.2. The van der Waals surface area contributed by atoms with Crippen LogP contribution in [0.25, 0.3) is 0 Å². The van der Waals surface area contributed by atoms with Crippen molar-refractivity contribution in [1.29, 1.82) is 0 Å². The lowest BCUT2D eigenvalue weighted by Gasteiger charge is -2.21. The number of ether oxygens (including phenoxy) is 2. The summed E-state index contributed by atoms with van der Waals surface area (Å²) in [6.07, 6.45) is 0.128. The van der Waals surface area contributed by atoms with Gasteiger partial charge in [0.1, 0.15) is 17.3 Å². The molecule has 2 rings (SSSR count). The molecule has 0 heterocycles. The average molecular weight is 333 g/mol. The Morgan fingerprint density at radius 2 is 1.58 bits per heavy atom. The fraction of sp³-hybridized carbons (Fsp3) is 0.368. The largest absolute Gasteiger partial charge is 0.497 e. The van der Waals surface area contributed by atoms with Gasteiger partial charge in [-0.25, -0.2) is 4.39 Å². The van der Waals surface area contributed by atoms with Crippen LogP contribution >= 0.6 is 0 Å². The second-order valence-corrected chi connectivity index (χ2v) is 5.58. The van der Waals surface area contributed by atoms with E-state index in [1.807, 2.05) is 6.92 Å². The highest BCUT2D eigenvalue weighted by molar-refractivity contribution is 5.39. The zero-order valence-electron chi connectivity index (χ0n) is 14.3. The number of benzene rings is 2. The van der Waals surface area contributed by atoms with Crippen molar-refractivity contribution in [2.24, 2.45) is 0 Å². The maximum atomic E-state index is 13.0. The fourth-order valence-electron chi connectivity index (χ4n) is 2.59. The number of halogens is 1. The third-order valence-electron chi connectivity index (χ3n) is 4.00. The standard InChI is InChI=1S/C19H24FNO3/c1-4-18(13-5-7-15(20)8-6-13)21-12-19(22)14-9-16(23-2)11-17(10-14)24-3/h5-11,18-19,21-22H,4,12H2,1-3H3. The SMILES string of the molecule is CCC(NCC(O)c1cc(OC)cc(OC)c1)c1ccc(F)cc1. The number of nitrogens with one attached hydrogen (secondary N) is 1. The second kappa shape index (κ2) is 8.66. The molecule has 130 valence electrons. The Hall–Kier alpha value is -2.11. The van der Waals surface area contributed by atoms with Crippen molar-refractivity contribution in [1.82, 2.24) is 5.32 Å². The summed E-state index contributed by atoms with van der Waals surface area (Å²) < 4.78 is 23.5. The first-order chi connectivity index (χ1) is 11.6. The van der Waals surface area contributed by atoms with Crippen LogP contribution in [0.5, 0.6) is 11.5 Å². The number of hydrogen-bond donors (Lipinski definition) is 2. The molecule has 0 saturated carbocycles. The second-order valence-electron chi connectivity index (χ2n) is 5.58. The van der Waals surface area contributed by atoms with E-state index in [1.165, 1.54) is 12.1 Å². The van der Waals surface area contributed by atoms with Gasteiger partial charge in [-0.15, -0.1) is 0 Å². The normalized spacial score (nSPS) is 13.4. The zero-order valence-corrected chi connectivity index (χ0v) is 14.3. The quantitative estimate of drug-likeness (QED) is 0.775. The monoisotopic (exact) mass is 333 g/mol. The molecule has 4 nitrogen and oxygen atoms in total. The molecule has 0 radical (unpaired) electrons. The summed E-state index contributed by atoms with van der Waals surface area (Å²) in [6.45, 7) is 2.41. The van der Waals surface area contributed by atoms with Crippen molar-refractivity contribution in [3.05, 3.63) is 59.4 Å². The Bertz CT molecular complexity index is 623. The Balaban J connectivity index is 2.05. The average Bonchev–Trinajstić information content (AvgIpc) is 2.62. The Labute approximate surface area is 142 Å². The van der Waals surface area contributed by atoms with Crippen molar-refractivity contribution in [2.75, 3.05) is 20.8 Å². The van der Waals surface area contributed by atoms with Gasteiger partial charge in [0.05, 0.1) is 20.3 Å². The Morgan fingerprint density at radius 1 is 1.00 bits per heavy atom. The van der Waals surface area contributed by atoms with Crippen molar-refractivity contribution in [3.63, 3.8) is 0 Å². The molecule has 2 aromatic carbocycles. The van der Waals surface area contributed by atoms with Crippen molar-refractivity contribution >= 4 is 0 Å². The molecule has 0 aliphatic heterocycles. The van der Waals surface area contributed by atoms with Crippen LogP contribution in [0.4, 0.5) is 4.39 Å². The summed E-state index contributed by atoms with van der Waals surface area (Å²) in [5.74, 6) is 1.01. The summed E-state index contributed by atoms with van der Waals surface area (Å²) >= 11 is 0. The molecule has 0 saturated heterocycles. The van der Waals surface area contributed by atoms with Crippen molar-refractivity contribution < 1.29 is 19.0 Å². The molecular weight excluding hydrogens is 309 g/mol. The Morgan fingerprint density at radius 3 is 2.08 bits per heavy atom. The lowest BCUT2D eigenvalue weighted by molar-refractivity contribution is 0.168. The number of aliphatic hydroxyl groups excluding tert-OH is 1. The van der Waals surface area contributed by atoms with Crippen LogP contribution in [0.15, 0.2) is 42.5 Å². The summed E-state index contributed by atoms with van der Waals surface area (Å²) in [6, 6.07) is 11.8. The third kappa shape index (κ3) is 4.69. The van der Waals surface area contributed by atoms with Gasteiger partial charge in [0.25, 0.3) is 0 Å². The molecule has 24 heavy (non-hydrogen) atoms. The molecule has 0 aromatic heterocycles. The lowest BCUT2D eigenvalue weighted by Crippen LogP contribution is -2.26. The highest BCUT2D eigenvalue weighted by atomic mass is 19.1. The minimum absolute atomic E-state index is 0.0488. The minimum Gasteiger partial charge on any atom is -0.497 e.